The minimum Gasteiger partial charge on any atom is -0.480 e. The average Bonchev–Trinajstić information content (AvgIpc) is 2.22. The number of rotatable bonds is 8. The number of carbonyl (C=O) groups excluding carboxylic acids is 1. The van der Waals surface area contributed by atoms with Crippen LogP contribution in [0, 0.1) is 0 Å². The summed E-state index contributed by atoms with van der Waals surface area (Å²) in [6.45, 7) is 1.86. The van der Waals surface area contributed by atoms with Crippen LogP contribution in [0.4, 0.5) is 0 Å². The number of aliphatic hydroxyl groups excluding tert-OH is 1. The lowest BCUT2D eigenvalue weighted by molar-refractivity contribution is -0.139. The molecule has 2 unspecified atom stereocenters. The van der Waals surface area contributed by atoms with Gasteiger partial charge in [0.25, 0.3) is 0 Å². The van der Waals surface area contributed by atoms with Crippen LogP contribution in [0.5, 0.6) is 0 Å². The molecular formula is C10H20N2O4. The van der Waals surface area contributed by atoms with Gasteiger partial charge in [0, 0.05) is 6.54 Å². The van der Waals surface area contributed by atoms with E-state index in [2.05, 4.69) is 10.6 Å². The van der Waals surface area contributed by atoms with Crippen LogP contribution >= 0.6 is 0 Å². The highest BCUT2D eigenvalue weighted by Crippen LogP contribution is 2.00. The van der Waals surface area contributed by atoms with Crippen LogP contribution in [-0.4, -0.2) is 47.8 Å². The summed E-state index contributed by atoms with van der Waals surface area (Å²) in [7, 11) is 1.61. The Kier molecular flexibility index (Phi) is 7.49. The fourth-order valence-electron chi connectivity index (χ4n) is 1.22. The molecule has 94 valence electrons. The summed E-state index contributed by atoms with van der Waals surface area (Å²) in [6, 6.07) is -0.535. The minimum atomic E-state index is -0.996. The summed E-state index contributed by atoms with van der Waals surface area (Å²) >= 11 is 0. The maximum Gasteiger partial charge on any atom is 0.320 e. The van der Waals surface area contributed by atoms with Gasteiger partial charge >= 0.3 is 5.97 Å². The molecule has 0 aromatic carbocycles. The molecule has 0 aliphatic rings. The smallest absolute Gasteiger partial charge is 0.320 e. The molecule has 0 aliphatic heterocycles. The molecule has 0 spiro atoms. The van der Waals surface area contributed by atoms with E-state index in [1.54, 1.807) is 7.05 Å². The van der Waals surface area contributed by atoms with Crippen molar-refractivity contribution in [2.24, 2.45) is 0 Å². The molecule has 0 fully saturated rings. The number of hydrogen-bond donors (Lipinski definition) is 4. The third kappa shape index (κ3) is 6.36. The van der Waals surface area contributed by atoms with Gasteiger partial charge in [-0.15, -0.1) is 0 Å². The van der Waals surface area contributed by atoms with E-state index in [-0.39, 0.29) is 0 Å². The number of carbonyl (C=O) groups is 2. The highest BCUT2D eigenvalue weighted by atomic mass is 16.4. The van der Waals surface area contributed by atoms with Gasteiger partial charge in [0.2, 0.25) is 5.91 Å². The van der Waals surface area contributed by atoms with Crippen LogP contribution in [0.25, 0.3) is 0 Å². The van der Waals surface area contributed by atoms with E-state index in [4.69, 9.17) is 10.2 Å². The van der Waals surface area contributed by atoms with E-state index in [1.165, 1.54) is 6.92 Å². The third-order valence-corrected chi connectivity index (χ3v) is 2.24. The predicted octanol–water partition coefficient (Wildman–Crippen LogP) is -0.674. The molecule has 0 aromatic heterocycles. The van der Waals surface area contributed by atoms with Gasteiger partial charge in [0.05, 0.1) is 0 Å². The molecule has 6 nitrogen and oxygen atoms in total. The van der Waals surface area contributed by atoms with E-state index in [1.807, 2.05) is 0 Å². The number of aliphatic carboxylic acids is 1. The molecule has 2 atom stereocenters. The van der Waals surface area contributed by atoms with E-state index < -0.39 is 24.0 Å². The molecule has 0 bridgehead atoms. The van der Waals surface area contributed by atoms with E-state index in [9.17, 15) is 9.59 Å². The van der Waals surface area contributed by atoms with Crippen molar-refractivity contribution in [3.8, 4) is 0 Å². The van der Waals surface area contributed by atoms with Gasteiger partial charge in [0.1, 0.15) is 12.1 Å². The zero-order valence-electron chi connectivity index (χ0n) is 9.69. The first kappa shape index (κ1) is 14.9. The number of aliphatic hydroxyl groups is 1. The first-order chi connectivity index (χ1) is 7.49. The third-order valence-electron chi connectivity index (χ3n) is 2.24. The van der Waals surface area contributed by atoms with Gasteiger partial charge in [-0.25, -0.2) is 0 Å². The molecule has 0 aromatic rings. The molecule has 6 heteroatoms. The summed E-state index contributed by atoms with van der Waals surface area (Å²) in [5.41, 5.74) is 0. The van der Waals surface area contributed by atoms with Crippen LogP contribution in [0.15, 0.2) is 0 Å². The van der Waals surface area contributed by atoms with Gasteiger partial charge in [0.15, 0.2) is 0 Å². The van der Waals surface area contributed by atoms with Gasteiger partial charge in [-0.3, -0.25) is 9.59 Å². The summed E-state index contributed by atoms with van der Waals surface area (Å²) in [4.78, 5) is 21.6. The number of unbranched alkanes of at least 4 members (excludes halogenated alkanes) is 1. The second-order valence-electron chi connectivity index (χ2n) is 3.64. The Morgan fingerprint density at radius 1 is 1.31 bits per heavy atom. The molecule has 0 heterocycles. The van der Waals surface area contributed by atoms with Crippen molar-refractivity contribution in [2.75, 3.05) is 13.6 Å². The van der Waals surface area contributed by atoms with Crippen molar-refractivity contribution < 1.29 is 19.8 Å². The Morgan fingerprint density at radius 3 is 2.38 bits per heavy atom. The molecule has 4 N–H and O–H groups in total. The van der Waals surface area contributed by atoms with Crippen LogP contribution in [0.3, 0.4) is 0 Å². The first-order valence-corrected chi connectivity index (χ1v) is 5.35. The van der Waals surface area contributed by atoms with Crippen LogP contribution in [0.1, 0.15) is 26.2 Å². The van der Waals surface area contributed by atoms with Crippen molar-refractivity contribution in [2.45, 2.75) is 38.3 Å². The van der Waals surface area contributed by atoms with Gasteiger partial charge < -0.3 is 20.8 Å². The molecular weight excluding hydrogens is 212 g/mol. The second kappa shape index (κ2) is 8.06. The summed E-state index contributed by atoms with van der Waals surface area (Å²) in [6.07, 6.45) is 0.933. The molecule has 0 saturated carbocycles. The fraction of sp³-hybridized carbons (Fsp3) is 0.800. The van der Waals surface area contributed by atoms with Crippen LogP contribution < -0.4 is 10.6 Å². The lowest BCUT2D eigenvalue weighted by Crippen LogP contribution is -2.35. The van der Waals surface area contributed by atoms with Crippen molar-refractivity contribution in [3.63, 3.8) is 0 Å². The number of amides is 1. The Balaban J connectivity index is 3.53. The van der Waals surface area contributed by atoms with Crippen molar-refractivity contribution in [1.82, 2.24) is 10.6 Å². The standard InChI is InChI=1S/C10H20N2O4/c1-7(13)9(14)12-6-4-3-5-8(11-2)10(15)16/h7-8,11,13H,3-6H2,1-2H3,(H,12,14)(H,15,16). The van der Waals surface area contributed by atoms with Gasteiger partial charge in [-0.2, -0.15) is 0 Å². The minimum absolute atomic E-state index is 0.400. The average molecular weight is 232 g/mol. The van der Waals surface area contributed by atoms with Gasteiger partial charge in [-0.1, -0.05) is 0 Å². The fourth-order valence-corrected chi connectivity index (χ4v) is 1.22. The quantitative estimate of drug-likeness (QED) is 0.416. The summed E-state index contributed by atoms with van der Waals surface area (Å²) < 4.78 is 0. The zero-order valence-corrected chi connectivity index (χ0v) is 9.69. The van der Waals surface area contributed by atoms with Crippen molar-refractivity contribution >= 4 is 11.9 Å². The van der Waals surface area contributed by atoms with E-state index in [0.29, 0.717) is 25.8 Å². The Bertz CT molecular complexity index is 231. The number of nitrogens with one attached hydrogen (secondary N) is 2. The molecule has 0 radical (unpaired) electrons. The molecule has 0 saturated heterocycles. The molecule has 16 heavy (non-hydrogen) atoms. The molecule has 0 aliphatic carbocycles. The van der Waals surface area contributed by atoms with Crippen molar-refractivity contribution in [1.29, 1.82) is 0 Å². The first-order valence-electron chi connectivity index (χ1n) is 5.35. The number of carboxylic acids is 1. The lowest BCUT2D eigenvalue weighted by atomic mass is 10.1. The van der Waals surface area contributed by atoms with E-state index in [0.717, 1.165) is 0 Å². The highest BCUT2D eigenvalue weighted by Gasteiger charge is 2.13. The normalized spacial score (nSPS) is 14.2. The Morgan fingerprint density at radius 2 is 1.94 bits per heavy atom. The lowest BCUT2D eigenvalue weighted by Gasteiger charge is -2.11. The number of likely N-dealkylation sites (N-methyl/N-ethyl adjacent to an activating group) is 1. The monoisotopic (exact) mass is 232 g/mol. The van der Waals surface area contributed by atoms with Crippen molar-refractivity contribution in [3.05, 3.63) is 0 Å². The number of hydrogen-bond acceptors (Lipinski definition) is 4. The summed E-state index contributed by atoms with van der Waals surface area (Å²) in [5, 5.41) is 22.8. The second-order valence-corrected chi connectivity index (χ2v) is 3.64. The largest absolute Gasteiger partial charge is 0.480 e. The highest BCUT2D eigenvalue weighted by molar-refractivity contribution is 5.79. The summed E-state index contributed by atoms with van der Waals surface area (Å²) in [5.74, 6) is -1.26. The number of carboxylic acid groups (broad SMARTS) is 1. The molecule has 1 amide bonds. The van der Waals surface area contributed by atoms with Gasteiger partial charge in [-0.05, 0) is 33.2 Å². The predicted molar refractivity (Wildman–Crippen MR) is 59.0 cm³/mol. The topological polar surface area (TPSA) is 98.7 Å². The zero-order chi connectivity index (χ0) is 12.6. The van der Waals surface area contributed by atoms with E-state index >= 15 is 0 Å². The maximum atomic E-state index is 10.9. The SMILES string of the molecule is CNC(CCCCNC(=O)C(C)O)C(=O)O. The molecule has 0 rings (SSSR count). The van der Waals surface area contributed by atoms with Crippen LogP contribution in [-0.2, 0) is 9.59 Å². The Labute approximate surface area is 95.0 Å². The maximum absolute atomic E-state index is 10.9. The van der Waals surface area contributed by atoms with Crippen LogP contribution in [0.2, 0.25) is 0 Å². The Hall–Kier alpha value is -1.14.